The van der Waals surface area contributed by atoms with Gasteiger partial charge in [-0.15, -0.1) is 11.3 Å². The molecular weight excluding hydrogens is 336 g/mol. The minimum Gasteiger partial charge on any atom is -0.339 e. The summed E-state index contributed by atoms with van der Waals surface area (Å²) in [4.78, 5) is 16.8. The Labute approximate surface area is 134 Å². The van der Waals surface area contributed by atoms with Crippen LogP contribution in [0.3, 0.4) is 0 Å². The van der Waals surface area contributed by atoms with Crippen LogP contribution in [0.1, 0.15) is 37.0 Å². The van der Waals surface area contributed by atoms with Gasteiger partial charge in [-0.2, -0.15) is 0 Å². The molecule has 1 saturated heterocycles. The van der Waals surface area contributed by atoms with Crippen molar-refractivity contribution in [3.63, 3.8) is 0 Å². The molecule has 112 valence electrons. The first-order valence-electron chi connectivity index (χ1n) is 7.21. The SMILES string of the molecule is CC(C)N(C)CC1CCN(C(=O)c2csc(Br)c2)CC1. The lowest BCUT2D eigenvalue weighted by atomic mass is 9.95. The highest BCUT2D eigenvalue weighted by atomic mass is 79.9. The fourth-order valence-corrected chi connectivity index (χ4v) is 3.67. The van der Waals surface area contributed by atoms with Gasteiger partial charge in [0.25, 0.3) is 5.91 Å². The van der Waals surface area contributed by atoms with E-state index in [-0.39, 0.29) is 5.91 Å². The van der Waals surface area contributed by atoms with Gasteiger partial charge in [0.05, 0.1) is 9.35 Å². The molecule has 0 spiro atoms. The summed E-state index contributed by atoms with van der Waals surface area (Å²) in [7, 11) is 2.19. The summed E-state index contributed by atoms with van der Waals surface area (Å²) < 4.78 is 1.02. The molecule has 1 aromatic rings. The number of carbonyl (C=O) groups excluding carboxylic acids is 1. The highest BCUT2D eigenvalue weighted by molar-refractivity contribution is 9.11. The number of carbonyl (C=O) groups is 1. The average Bonchev–Trinajstić information content (AvgIpc) is 2.85. The number of hydrogen-bond acceptors (Lipinski definition) is 3. The predicted octanol–water partition coefficient (Wildman–Crippen LogP) is 3.70. The predicted molar refractivity (Wildman–Crippen MR) is 88.4 cm³/mol. The van der Waals surface area contributed by atoms with E-state index in [2.05, 4.69) is 41.7 Å². The molecule has 2 rings (SSSR count). The van der Waals surface area contributed by atoms with Gasteiger partial charge in [-0.25, -0.2) is 0 Å². The molecule has 1 aliphatic rings. The minimum atomic E-state index is 0.183. The molecule has 1 fully saturated rings. The second kappa shape index (κ2) is 7.05. The van der Waals surface area contributed by atoms with Gasteiger partial charge >= 0.3 is 0 Å². The van der Waals surface area contributed by atoms with Crippen molar-refractivity contribution < 1.29 is 4.79 Å². The quantitative estimate of drug-likeness (QED) is 0.818. The van der Waals surface area contributed by atoms with Crippen molar-refractivity contribution in [1.82, 2.24) is 9.80 Å². The number of rotatable bonds is 4. The maximum absolute atomic E-state index is 12.4. The van der Waals surface area contributed by atoms with E-state index in [0.29, 0.717) is 6.04 Å². The molecule has 0 aromatic carbocycles. The normalized spacial score (nSPS) is 17.2. The van der Waals surface area contributed by atoms with Gasteiger partial charge in [0, 0.05) is 31.1 Å². The van der Waals surface area contributed by atoms with E-state index >= 15 is 0 Å². The van der Waals surface area contributed by atoms with Gasteiger partial charge in [-0.05, 0) is 61.7 Å². The Morgan fingerprint density at radius 2 is 2.15 bits per heavy atom. The maximum Gasteiger partial charge on any atom is 0.254 e. The Bertz CT molecular complexity index is 452. The first-order valence-corrected chi connectivity index (χ1v) is 8.88. The summed E-state index contributed by atoms with van der Waals surface area (Å²) in [6.45, 7) is 7.38. The zero-order valence-corrected chi connectivity index (χ0v) is 14.8. The third-order valence-electron chi connectivity index (χ3n) is 4.14. The number of piperidine rings is 1. The number of nitrogens with zero attached hydrogens (tertiary/aromatic N) is 2. The van der Waals surface area contributed by atoms with Crippen molar-refractivity contribution in [2.75, 3.05) is 26.7 Å². The summed E-state index contributed by atoms with van der Waals surface area (Å²) in [6, 6.07) is 2.52. The van der Waals surface area contributed by atoms with Crippen LogP contribution >= 0.6 is 27.3 Å². The first-order chi connectivity index (χ1) is 9.47. The van der Waals surface area contributed by atoms with Crippen LogP contribution in [0.15, 0.2) is 15.2 Å². The lowest BCUT2D eigenvalue weighted by molar-refractivity contribution is 0.0667. The maximum atomic E-state index is 12.4. The van der Waals surface area contributed by atoms with Gasteiger partial charge in [0.2, 0.25) is 0 Å². The molecule has 1 aromatic heterocycles. The van der Waals surface area contributed by atoms with Crippen LogP contribution in [0.2, 0.25) is 0 Å². The van der Waals surface area contributed by atoms with Gasteiger partial charge in [-0.3, -0.25) is 4.79 Å². The van der Waals surface area contributed by atoms with Crippen LogP contribution in [-0.4, -0.2) is 48.4 Å². The monoisotopic (exact) mass is 358 g/mol. The molecule has 20 heavy (non-hydrogen) atoms. The molecule has 1 aliphatic heterocycles. The molecule has 0 saturated carbocycles. The van der Waals surface area contributed by atoms with E-state index in [9.17, 15) is 4.79 Å². The lowest BCUT2D eigenvalue weighted by Crippen LogP contribution is -2.42. The molecule has 0 aliphatic carbocycles. The molecule has 2 heterocycles. The summed E-state index contributed by atoms with van der Waals surface area (Å²) >= 11 is 4.99. The summed E-state index contributed by atoms with van der Waals surface area (Å²) in [6.07, 6.45) is 2.24. The number of likely N-dealkylation sites (tertiary alicyclic amines) is 1. The fraction of sp³-hybridized carbons (Fsp3) is 0.667. The van der Waals surface area contributed by atoms with Gasteiger partial charge < -0.3 is 9.80 Å². The van der Waals surface area contributed by atoms with Crippen molar-refractivity contribution in [2.24, 2.45) is 5.92 Å². The van der Waals surface area contributed by atoms with E-state index in [4.69, 9.17) is 0 Å². The Kier molecular flexibility index (Phi) is 5.64. The average molecular weight is 359 g/mol. The van der Waals surface area contributed by atoms with Crippen molar-refractivity contribution in [1.29, 1.82) is 0 Å². The Morgan fingerprint density at radius 3 is 2.65 bits per heavy atom. The molecule has 0 radical (unpaired) electrons. The summed E-state index contributed by atoms with van der Waals surface area (Å²) in [5.74, 6) is 0.906. The van der Waals surface area contributed by atoms with Crippen LogP contribution in [0.4, 0.5) is 0 Å². The molecule has 1 amide bonds. The van der Waals surface area contributed by atoms with E-state index in [1.54, 1.807) is 11.3 Å². The smallest absolute Gasteiger partial charge is 0.254 e. The number of hydrogen-bond donors (Lipinski definition) is 0. The van der Waals surface area contributed by atoms with Crippen LogP contribution in [0.5, 0.6) is 0 Å². The van der Waals surface area contributed by atoms with E-state index < -0.39 is 0 Å². The van der Waals surface area contributed by atoms with E-state index in [1.807, 2.05) is 16.3 Å². The third kappa shape index (κ3) is 4.06. The van der Waals surface area contributed by atoms with Crippen LogP contribution in [0, 0.1) is 5.92 Å². The molecule has 0 bridgehead atoms. The Balaban J connectivity index is 1.83. The van der Waals surface area contributed by atoms with Crippen molar-refractivity contribution >= 4 is 33.2 Å². The molecular formula is C15H23BrN2OS. The molecule has 0 N–H and O–H groups in total. The van der Waals surface area contributed by atoms with E-state index in [1.165, 1.54) is 0 Å². The Hall–Kier alpha value is -0.390. The zero-order chi connectivity index (χ0) is 14.7. The zero-order valence-electron chi connectivity index (χ0n) is 12.4. The van der Waals surface area contributed by atoms with E-state index in [0.717, 1.165) is 47.7 Å². The second-order valence-corrected chi connectivity index (χ2v) is 8.20. The van der Waals surface area contributed by atoms with Crippen molar-refractivity contribution in [3.8, 4) is 0 Å². The topological polar surface area (TPSA) is 23.6 Å². The third-order valence-corrected chi connectivity index (χ3v) is 5.65. The van der Waals surface area contributed by atoms with Crippen LogP contribution < -0.4 is 0 Å². The van der Waals surface area contributed by atoms with Gasteiger partial charge in [-0.1, -0.05) is 0 Å². The molecule has 0 unspecified atom stereocenters. The standard InChI is InChI=1S/C15H23BrN2OS/c1-11(2)17(3)9-12-4-6-18(7-5-12)15(19)13-8-14(16)20-10-13/h8,10-12H,4-7,9H2,1-3H3. The van der Waals surface area contributed by atoms with Crippen molar-refractivity contribution in [3.05, 3.63) is 20.8 Å². The number of amides is 1. The van der Waals surface area contributed by atoms with Gasteiger partial charge in [0.15, 0.2) is 0 Å². The molecule has 5 heteroatoms. The summed E-state index contributed by atoms with van der Waals surface area (Å²) in [5.41, 5.74) is 0.819. The highest BCUT2D eigenvalue weighted by Crippen LogP contribution is 2.24. The van der Waals surface area contributed by atoms with Crippen molar-refractivity contribution in [2.45, 2.75) is 32.7 Å². The lowest BCUT2D eigenvalue weighted by Gasteiger charge is -2.34. The number of halogens is 1. The van der Waals surface area contributed by atoms with Crippen LogP contribution in [0.25, 0.3) is 0 Å². The minimum absolute atomic E-state index is 0.183. The highest BCUT2D eigenvalue weighted by Gasteiger charge is 2.25. The Morgan fingerprint density at radius 1 is 1.50 bits per heavy atom. The molecule has 3 nitrogen and oxygen atoms in total. The second-order valence-electron chi connectivity index (χ2n) is 5.91. The first kappa shape index (κ1) is 16.0. The van der Waals surface area contributed by atoms with Crippen LogP contribution in [-0.2, 0) is 0 Å². The largest absolute Gasteiger partial charge is 0.339 e. The molecule has 0 atom stereocenters. The van der Waals surface area contributed by atoms with Gasteiger partial charge in [0.1, 0.15) is 0 Å². The fourth-order valence-electron chi connectivity index (χ4n) is 2.54. The summed E-state index contributed by atoms with van der Waals surface area (Å²) in [5, 5.41) is 1.94. The number of thiophene rings is 1.